The van der Waals surface area contributed by atoms with Crippen molar-refractivity contribution < 1.29 is 14.4 Å². The van der Waals surface area contributed by atoms with Gasteiger partial charge in [-0.15, -0.1) is 0 Å². The molecule has 1 aliphatic carbocycles. The Bertz CT molecular complexity index is 493. The molecule has 5 N–H and O–H groups in total. The van der Waals surface area contributed by atoms with Crippen LogP contribution >= 0.6 is 11.9 Å². The van der Waals surface area contributed by atoms with Crippen LogP contribution in [0.1, 0.15) is 39.0 Å². The predicted octanol–water partition coefficient (Wildman–Crippen LogP) is 0.797. The molecular formula is C12H21N7O3S. The molecular weight excluding hydrogens is 322 g/mol. The molecule has 1 saturated carbocycles. The molecule has 0 atom stereocenters. The fourth-order valence-corrected chi connectivity index (χ4v) is 2.80. The monoisotopic (exact) mass is 343 g/mol. The number of hydrogen-bond acceptors (Lipinski definition) is 6. The van der Waals surface area contributed by atoms with Crippen LogP contribution in [0.2, 0.25) is 0 Å². The normalized spacial score (nSPS) is 18.7. The van der Waals surface area contributed by atoms with E-state index in [-0.39, 0.29) is 17.8 Å². The number of rotatable bonds is 4. The number of carbonyl (C=O) groups excluding carboxylic acids is 3. The molecule has 10 nitrogen and oxygen atoms in total. The molecule has 2 aliphatic rings. The molecule has 0 radical (unpaired) electrons. The summed E-state index contributed by atoms with van der Waals surface area (Å²) in [6.07, 6.45) is 5.46. The van der Waals surface area contributed by atoms with Crippen LogP contribution in [0.3, 0.4) is 0 Å². The number of hydrogen-bond donors (Lipinski definition) is 5. The fourth-order valence-electron chi connectivity index (χ4n) is 2.34. The third kappa shape index (κ3) is 5.94. The summed E-state index contributed by atoms with van der Waals surface area (Å²) in [7, 11) is 0. The zero-order chi connectivity index (χ0) is 16.7. The molecule has 0 unspecified atom stereocenters. The largest absolute Gasteiger partial charge is 0.356 e. The average molecular weight is 343 g/mol. The molecule has 0 aromatic rings. The Balaban J connectivity index is 1.61. The summed E-state index contributed by atoms with van der Waals surface area (Å²) in [5, 5.41) is 7.45. The van der Waals surface area contributed by atoms with Gasteiger partial charge in [0.1, 0.15) is 0 Å². The maximum atomic E-state index is 11.7. The van der Waals surface area contributed by atoms with Gasteiger partial charge < -0.3 is 5.32 Å². The lowest BCUT2D eigenvalue weighted by atomic mass is 9.96. The van der Waals surface area contributed by atoms with Gasteiger partial charge in [0.2, 0.25) is 0 Å². The standard InChI is InChI=1S/C12H21N7O3S/c1-8-7-19(11(21)16-14-8)17-10(20)15-18-23-12(22)13-9-5-3-2-4-6-9/h9,18H,2-7H2,1H3,(H,13,22)(H,16,21)(H2,15,17,20). The molecule has 0 spiro atoms. The van der Waals surface area contributed by atoms with Crippen molar-refractivity contribution in [3.63, 3.8) is 0 Å². The Hall–Kier alpha value is -2.01. The maximum Gasteiger partial charge on any atom is 0.356 e. The van der Waals surface area contributed by atoms with E-state index >= 15 is 0 Å². The Kier molecular flexibility index (Phi) is 6.47. The second-order valence-corrected chi connectivity index (χ2v) is 6.17. The fraction of sp³-hybridized carbons (Fsp3) is 0.667. The van der Waals surface area contributed by atoms with E-state index < -0.39 is 12.1 Å². The first-order chi connectivity index (χ1) is 11.0. The van der Waals surface area contributed by atoms with Crippen LogP contribution in [-0.2, 0) is 0 Å². The number of urea groups is 2. The van der Waals surface area contributed by atoms with Crippen LogP contribution in [-0.4, -0.2) is 40.6 Å². The average Bonchev–Trinajstić information content (AvgIpc) is 2.52. The molecule has 1 fully saturated rings. The summed E-state index contributed by atoms with van der Waals surface area (Å²) in [6.45, 7) is 1.91. The topological polar surface area (TPSA) is 127 Å². The molecule has 1 aliphatic heterocycles. The van der Waals surface area contributed by atoms with Crippen molar-refractivity contribution in [2.24, 2.45) is 5.10 Å². The maximum absolute atomic E-state index is 11.7. The van der Waals surface area contributed by atoms with Crippen LogP contribution in [0, 0.1) is 0 Å². The first-order valence-corrected chi connectivity index (χ1v) is 8.26. The Morgan fingerprint density at radius 2 is 2.04 bits per heavy atom. The van der Waals surface area contributed by atoms with Crippen LogP contribution in [0.4, 0.5) is 14.4 Å². The van der Waals surface area contributed by atoms with Gasteiger partial charge in [0.15, 0.2) is 0 Å². The van der Waals surface area contributed by atoms with Gasteiger partial charge in [0.05, 0.1) is 12.3 Å². The number of nitrogens with zero attached hydrogens (tertiary/aromatic N) is 2. The number of amides is 5. The lowest BCUT2D eigenvalue weighted by molar-refractivity contribution is 0.172. The minimum absolute atomic E-state index is 0.189. The number of carbonyl (C=O) groups is 3. The van der Waals surface area contributed by atoms with Gasteiger partial charge >= 0.3 is 12.1 Å². The summed E-state index contributed by atoms with van der Waals surface area (Å²) in [5.41, 5.74) is 7.51. The Morgan fingerprint density at radius 1 is 1.30 bits per heavy atom. The highest BCUT2D eigenvalue weighted by atomic mass is 32.2. The summed E-state index contributed by atoms with van der Waals surface area (Å²) >= 11 is 0.747. The highest BCUT2D eigenvalue weighted by Gasteiger charge is 2.21. The van der Waals surface area contributed by atoms with Gasteiger partial charge in [-0.1, -0.05) is 19.3 Å². The van der Waals surface area contributed by atoms with E-state index in [9.17, 15) is 14.4 Å². The van der Waals surface area contributed by atoms with E-state index in [0.29, 0.717) is 5.71 Å². The van der Waals surface area contributed by atoms with Crippen LogP contribution in [0.15, 0.2) is 5.10 Å². The third-order valence-electron chi connectivity index (χ3n) is 3.45. The Morgan fingerprint density at radius 3 is 2.78 bits per heavy atom. The van der Waals surface area contributed by atoms with Crippen molar-refractivity contribution in [3.05, 3.63) is 0 Å². The highest BCUT2D eigenvalue weighted by molar-refractivity contribution is 8.11. The molecule has 23 heavy (non-hydrogen) atoms. The molecule has 5 amide bonds. The van der Waals surface area contributed by atoms with Crippen molar-refractivity contribution in [1.29, 1.82) is 0 Å². The SMILES string of the molecule is CC1=NNC(=O)N(NC(=O)NNSC(=O)NC2CCCCC2)C1. The zero-order valence-corrected chi connectivity index (χ0v) is 13.7. The molecule has 0 saturated heterocycles. The lowest BCUT2D eigenvalue weighted by Crippen LogP contribution is -2.57. The molecule has 1 heterocycles. The van der Waals surface area contributed by atoms with Gasteiger partial charge in [-0.25, -0.2) is 25.4 Å². The molecule has 128 valence electrons. The van der Waals surface area contributed by atoms with E-state index in [1.807, 2.05) is 0 Å². The predicted molar refractivity (Wildman–Crippen MR) is 86.1 cm³/mol. The first kappa shape index (κ1) is 17.3. The number of hydrazone groups is 1. The van der Waals surface area contributed by atoms with E-state index in [1.165, 1.54) is 6.42 Å². The van der Waals surface area contributed by atoms with Gasteiger partial charge in [0.25, 0.3) is 5.24 Å². The third-order valence-corrected chi connectivity index (χ3v) is 3.95. The van der Waals surface area contributed by atoms with E-state index in [1.54, 1.807) is 6.92 Å². The highest BCUT2D eigenvalue weighted by Crippen LogP contribution is 2.17. The molecule has 0 bridgehead atoms. The summed E-state index contributed by atoms with van der Waals surface area (Å²) in [5.74, 6) is 0. The van der Waals surface area contributed by atoms with Gasteiger partial charge in [-0.3, -0.25) is 10.2 Å². The Labute approximate surface area is 138 Å². The summed E-state index contributed by atoms with van der Waals surface area (Å²) in [6, 6.07) is -0.986. The second-order valence-electron chi connectivity index (χ2n) is 5.39. The zero-order valence-electron chi connectivity index (χ0n) is 12.8. The minimum Gasteiger partial charge on any atom is -0.343 e. The lowest BCUT2D eigenvalue weighted by Gasteiger charge is -2.25. The van der Waals surface area contributed by atoms with E-state index in [0.717, 1.165) is 42.6 Å². The number of nitrogens with one attached hydrogen (secondary N) is 5. The second kappa shape index (κ2) is 8.58. The summed E-state index contributed by atoms with van der Waals surface area (Å²) in [4.78, 5) is 37.2. The van der Waals surface area contributed by atoms with Gasteiger partial charge in [-0.2, -0.15) is 9.93 Å². The number of hydrazine groups is 2. The van der Waals surface area contributed by atoms with Crippen molar-refractivity contribution in [1.82, 2.24) is 31.4 Å². The van der Waals surface area contributed by atoms with E-state index in [4.69, 9.17) is 0 Å². The van der Waals surface area contributed by atoms with Crippen molar-refractivity contribution >= 4 is 35.0 Å². The molecule has 11 heteroatoms. The molecule has 2 rings (SSSR count). The quantitative estimate of drug-likeness (QED) is 0.381. The van der Waals surface area contributed by atoms with Crippen molar-refractivity contribution in [2.45, 2.75) is 45.1 Å². The summed E-state index contributed by atoms with van der Waals surface area (Å²) < 4.78 is 0. The van der Waals surface area contributed by atoms with Gasteiger partial charge in [-0.05, 0) is 19.8 Å². The smallest absolute Gasteiger partial charge is 0.343 e. The van der Waals surface area contributed by atoms with Crippen LogP contribution in [0.5, 0.6) is 0 Å². The van der Waals surface area contributed by atoms with E-state index in [2.05, 4.69) is 31.5 Å². The van der Waals surface area contributed by atoms with Crippen molar-refractivity contribution in [2.75, 3.05) is 6.54 Å². The molecule has 0 aromatic carbocycles. The van der Waals surface area contributed by atoms with Crippen molar-refractivity contribution in [3.8, 4) is 0 Å². The molecule has 0 aromatic heterocycles. The van der Waals surface area contributed by atoms with Crippen LogP contribution in [0.25, 0.3) is 0 Å². The first-order valence-electron chi connectivity index (χ1n) is 7.44. The van der Waals surface area contributed by atoms with Gasteiger partial charge in [0, 0.05) is 18.0 Å². The minimum atomic E-state index is -0.659. The van der Waals surface area contributed by atoms with Crippen LogP contribution < -0.4 is 26.4 Å².